The Balaban J connectivity index is 0.00000338. The van der Waals surface area contributed by atoms with Crippen LogP contribution in [0.2, 0.25) is 0 Å². The molecule has 0 atom stereocenters. The lowest BCUT2D eigenvalue weighted by Gasteiger charge is -2.28. The van der Waals surface area contributed by atoms with Gasteiger partial charge in [0.2, 0.25) is 5.91 Å². The minimum absolute atomic E-state index is 0. The van der Waals surface area contributed by atoms with Crippen LogP contribution in [0.3, 0.4) is 0 Å². The Hall–Kier alpha value is -1.31. The van der Waals surface area contributed by atoms with Gasteiger partial charge in [-0.25, -0.2) is 0 Å². The summed E-state index contributed by atoms with van der Waals surface area (Å²) in [5.74, 6) is 1.76. The highest BCUT2D eigenvalue weighted by Gasteiger charge is 2.18. The topological polar surface area (TPSA) is 65.5 Å². The molecule has 1 saturated carbocycles. The number of nitrogens with zero attached hydrogens (tertiary/aromatic N) is 1. The largest absolute Gasteiger partial charge is 0.354 e. The maximum absolute atomic E-state index is 11.7. The van der Waals surface area contributed by atoms with Crippen LogP contribution >= 0.6 is 24.0 Å². The van der Waals surface area contributed by atoms with Crippen LogP contribution in [-0.2, 0) is 11.3 Å². The van der Waals surface area contributed by atoms with E-state index in [1.165, 1.54) is 25.7 Å². The van der Waals surface area contributed by atoms with Crippen molar-refractivity contribution in [1.82, 2.24) is 10.6 Å². The number of guanidine groups is 1. The number of carbonyl (C=O) groups excluding carboxylic acids is 1. The summed E-state index contributed by atoms with van der Waals surface area (Å²) in [5, 5.41) is 9.85. The van der Waals surface area contributed by atoms with E-state index in [2.05, 4.69) is 33.9 Å². The highest BCUT2D eigenvalue weighted by molar-refractivity contribution is 14.0. The van der Waals surface area contributed by atoms with Crippen molar-refractivity contribution < 1.29 is 4.79 Å². The van der Waals surface area contributed by atoms with Crippen LogP contribution in [0.4, 0.5) is 5.69 Å². The number of halogens is 1. The molecule has 6 heteroatoms. The third-order valence-corrected chi connectivity index (χ3v) is 4.73. The molecule has 1 aliphatic carbocycles. The molecule has 2 rings (SSSR count). The molecule has 1 amide bonds. The van der Waals surface area contributed by atoms with E-state index in [1.54, 1.807) is 0 Å². The van der Waals surface area contributed by atoms with Crippen LogP contribution in [0.5, 0.6) is 0 Å². The molecule has 1 aromatic carbocycles. The van der Waals surface area contributed by atoms with Gasteiger partial charge in [-0.15, -0.1) is 24.0 Å². The van der Waals surface area contributed by atoms with Crippen molar-refractivity contribution in [3.63, 3.8) is 0 Å². The van der Waals surface area contributed by atoms with Crippen LogP contribution in [0.15, 0.2) is 29.3 Å². The van der Waals surface area contributed by atoms with Crippen LogP contribution in [0, 0.1) is 5.92 Å². The normalized spacial score (nSPS) is 20.0. The van der Waals surface area contributed by atoms with E-state index >= 15 is 0 Å². The predicted molar refractivity (Wildman–Crippen MR) is 120 cm³/mol. The maximum atomic E-state index is 11.7. The molecule has 0 spiro atoms. The van der Waals surface area contributed by atoms with Gasteiger partial charge in [-0.05, 0) is 55.7 Å². The first-order chi connectivity index (χ1) is 12.1. The molecule has 1 fully saturated rings. The molecule has 0 saturated heterocycles. The standard InChI is InChI=1S/C20H32N4O.HI/c1-4-6-19(25)23-18-8-5-7-16(13-18)14-22-20(21-3)24-17-11-9-15(2)10-12-17;/h5,7-8,13,15,17H,4,6,9-12,14H2,1-3H3,(H,23,25)(H2,21,22,24);1H. The van der Waals surface area contributed by atoms with Crippen molar-refractivity contribution >= 4 is 41.5 Å². The highest BCUT2D eigenvalue weighted by Crippen LogP contribution is 2.23. The first-order valence-corrected chi connectivity index (χ1v) is 9.46. The first-order valence-electron chi connectivity index (χ1n) is 9.46. The Morgan fingerprint density at radius 3 is 2.62 bits per heavy atom. The molecule has 0 radical (unpaired) electrons. The van der Waals surface area contributed by atoms with E-state index in [4.69, 9.17) is 0 Å². The van der Waals surface area contributed by atoms with E-state index in [1.807, 2.05) is 32.2 Å². The average molecular weight is 472 g/mol. The summed E-state index contributed by atoms with van der Waals surface area (Å²) in [5.41, 5.74) is 1.97. The number of anilines is 1. The lowest BCUT2D eigenvalue weighted by atomic mass is 9.87. The number of amides is 1. The van der Waals surface area contributed by atoms with Crippen molar-refractivity contribution in [2.24, 2.45) is 10.9 Å². The maximum Gasteiger partial charge on any atom is 0.224 e. The summed E-state index contributed by atoms with van der Waals surface area (Å²) >= 11 is 0. The number of aliphatic imine (C=N–C) groups is 1. The van der Waals surface area contributed by atoms with Gasteiger partial charge in [0, 0.05) is 31.7 Å². The molecular formula is C20H33IN4O. The summed E-state index contributed by atoms with van der Waals surface area (Å²) in [4.78, 5) is 16.1. The molecule has 26 heavy (non-hydrogen) atoms. The van der Waals surface area contributed by atoms with E-state index in [9.17, 15) is 4.79 Å². The lowest BCUT2D eigenvalue weighted by Crippen LogP contribution is -2.44. The Bertz CT molecular complexity index is 583. The first kappa shape index (κ1) is 22.7. The minimum atomic E-state index is 0. The summed E-state index contributed by atoms with van der Waals surface area (Å²) in [6.45, 7) is 5.02. The van der Waals surface area contributed by atoms with Gasteiger partial charge in [0.25, 0.3) is 0 Å². The number of hydrogen-bond acceptors (Lipinski definition) is 2. The van der Waals surface area contributed by atoms with Gasteiger partial charge in [-0.3, -0.25) is 9.79 Å². The molecule has 1 aliphatic rings. The monoisotopic (exact) mass is 472 g/mol. The van der Waals surface area contributed by atoms with Gasteiger partial charge in [-0.1, -0.05) is 26.0 Å². The summed E-state index contributed by atoms with van der Waals surface area (Å²) in [7, 11) is 1.81. The SMILES string of the molecule is CCCC(=O)Nc1cccc(CNC(=NC)NC2CCC(C)CC2)c1.I. The van der Waals surface area contributed by atoms with Gasteiger partial charge in [0.15, 0.2) is 5.96 Å². The zero-order chi connectivity index (χ0) is 18.1. The second-order valence-electron chi connectivity index (χ2n) is 7.03. The Morgan fingerprint density at radius 1 is 1.23 bits per heavy atom. The minimum Gasteiger partial charge on any atom is -0.354 e. The fourth-order valence-electron chi connectivity index (χ4n) is 3.19. The second kappa shape index (κ2) is 12.1. The zero-order valence-electron chi connectivity index (χ0n) is 16.2. The van der Waals surface area contributed by atoms with E-state index in [0.29, 0.717) is 19.0 Å². The highest BCUT2D eigenvalue weighted by atomic mass is 127. The zero-order valence-corrected chi connectivity index (χ0v) is 18.5. The summed E-state index contributed by atoms with van der Waals surface area (Å²) < 4.78 is 0. The molecule has 146 valence electrons. The molecule has 3 N–H and O–H groups in total. The third kappa shape index (κ3) is 7.93. The third-order valence-electron chi connectivity index (χ3n) is 4.73. The average Bonchev–Trinajstić information content (AvgIpc) is 2.61. The van der Waals surface area contributed by atoms with Gasteiger partial charge >= 0.3 is 0 Å². The number of nitrogens with one attached hydrogen (secondary N) is 3. The van der Waals surface area contributed by atoms with E-state index in [-0.39, 0.29) is 29.9 Å². The van der Waals surface area contributed by atoms with Gasteiger partial charge in [0.05, 0.1) is 0 Å². The quantitative estimate of drug-likeness (QED) is 0.329. The molecule has 0 aromatic heterocycles. The van der Waals surface area contributed by atoms with Crippen LogP contribution in [0.25, 0.3) is 0 Å². The van der Waals surface area contributed by atoms with Crippen molar-refractivity contribution in [3.05, 3.63) is 29.8 Å². The summed E-state index contributed by atoms with van der Waals surface area (Å²) in [6, 6.07) is 8.47. The van der Waals surface area contributed by atoms with Crippen molar-refractivity contribution in [1.29, 1.82) is 0 Å². The molecular weight excluding hydrogens is 439 g/mol. The van der Waals surface area contributed by atoms with Crippen molar-refractivity contribution in [2.75, 3.05) is 12.4 Å². The van der Waals surface area contributed by atoms with Gasteiger partial charge in [0.1, 0.15) is 0 Å². The Kier molecular flexibility index (Phi) is 10.6. The molecule has 0 bridgehead atoms. The fourth-order valence-corrected chi connectivity index (χ4v) is 3.19. The number of benzene rings is 1. The van der Waals surface area contributed by atoms with Crippen LogP contribution in [-0.4, -0.2) is 25.0 Å². The van der Waals surface area contributed by atoms with Crippen LogP contribution < -0.4 is 16.0 Å². The van der Waals surface area contributed by atoms with Crippen molar-refractivity contribution in [3.8, 4) is 0 Å². The Labute approximate surface area is 174 Å². The van der Waals surface area contributed by atoms with Gasteiger partial charge < -0.3 is 16.0 Å². The Morgan fingerprint density at radius 2 is 1.96 bits per heavy atom. The van der Waals surface area contributed by atoms with Crippen LogP contribution in [0.1, 0.15) is 57.9 Å². The molecule has 0 aliphatic heterocycles. The fraction of sp³-hybridized carbons (Fsp3) is 0.600. The van der Waals surface area contributed by atoms with E-state index < -0.39 is 0 Å². The number of hydrogen-bond donors (Lipinski definition) is 3. The second-order valence-corrected chi connectivity index (χ2v) is 7.03. The molecule has 0 heterocycles. The predicted octanol–water partition coefficient (Wildman–Crippen LogP) is 4.29. The number of carbonyl (C=O) groups is 1. The lowest BCUT2D eigenvalue weighted by molar-refractivity contribution is -0.116. The smallest absolute Gasteiger partial charge is 0.224 e. The van der Waals surface area contributed by atoms with E-state index in [0.717, 1.165) is 29.5 Å². The summed E-state index contributed by atoms with van der Waals surface area (Å²) in [6.07, 6.45) is 6.40. The van der Waals surface area contributed by atoms with Gasteiger partial charge in [-0.2, -0.15) is 0 Å². The molecule has 5 nitrogen and oxygen atoms in total. The number of rotatable bonds is 6. The van der Waals surface area contributed by atoms with Crippen molar-refractivity contribution in [2.45, 2.75) is 65.0 Å². The molecule has 0 unspecified atom stereocenters. The molecule has 1 aromatic rings.